The van der Waals surface area contributed by atoms with Gasteiger partial charge in [0.2, 0.25) is 11.8 Å². The third kappa shape index (κ3) is 2.68. The number of hydrogen-bond donors (Lipinski definition) is 0. The summed E-state index contributed by atoms with van der Waals surface area (Å²) in [4.78, 5) is 27.4. The highest BCUT2D eigenvalue weighted by Crippen LogP contribution is 2.32. The average molecular weight is 326 g/mol. The van der Waals surface area contributed by atoms with Crippen LogP contribution in [0.4, 0.5) is 11.4 Å². The molecule has 0 bridgehead atoms. The first-order valence-corrected chi connectivity index (χ1v) is 7.42. The summed E-state index contributed by atoms with van der Waals surface area (Å²) in [5, 5.41) is 0.127. The van der Waals surface area contributed by atoms with Gasteiger partial charge in [0.25, 0.3) is 0 Å². The first-order valence-electron chi connectivity index (χ1n) is 7.01. The van der Waals surface area contributed by atoms with E-state index in [1.807, 2.05) is 18.2 Å². The summed E-state index contributed by atoms with van der Waals surface area (Å²) in [6, 6.07) is 16.1. The molecule has 0 saturated carbocycles. The summed E-state index contributed by atoms with van der Waals surface area (Å²) in [5.74, 6) is -0.181. The third-order valence-corrected chi connectivity index (χ3v) is 3.89. The Morgan fingerprint density at radius 3 is 2.22 bits per heavy atom. The number of carbonyl (C=O) groups excluding carboxylic acids is 2. The van der Waals surface area contributed by atoms with Crippen molar-refractivity contribution in [2.75, 3.05) is 16.9 Å². The molecule has 2 aromatic rings. The molecule has 0 atom stereocenters. The van der Waals surface area contributed by atoms with Gasteiger partial charge in [-0.2, -0.15) is 0 Å². The van der Waals surface area contributed by atoms with E-state index in [0.717, 1.165) is 0 Å². The fourth-order valence-electron chi connectivity index (χ4n) is 2.48. The summed E-state index contributed by atoms with van der Waals surface area (Å²) >= 11 is 5.43. The molecule has 0 aromatic heterocycles. The predicted molar refractivity (Wildman–Crippen MR) is 91.6 cm³/mol. The number of methoxy groups -OCH3 is 1. The first kappa shape index (κ1) is 15.2. The third-order valence-electron chi connectivity index (χ3n) is 3.52. The number of thiocarbonyl (C=S) groups is 1. The van der Waals surface area contributed by atoms with Crippen molar-refractivity contribution in [3.8, 4) is 5.75 Å². The Morgan fingerprint density at radius 1 is 0.913 bits per heavy atom. The number of anilines is 2. The van der Waals surface area contributed by atoms with Crippen LogP contribution in [0.25, 0.3) is 0 Å². The van der Waals surface area contributed by atoms with Gasteiger partial charge in [0.05, 0.1) is 18.5 Å². The van der Waals surface area contributed by atoms with Gasteiger partial charge in [-0.05, 0) is 36.5 Å². The van der Waals surface area contributed by atoms with E-state index in [0.29, 0.717) is 17.1 Å². The van der Waals surface area contributed by atoms with Crippen LogP contribution in [0.5, 0.6) is 5.75 Å². The van der Waals surface area contributed by atoms with Crippen LogP contribution in [0.1, 0.15) is 6.42 Å². The molecule has 0 N–H and O–H groups in total. The van der Waals surface area contributed by atoms with E-state index in [9.17, 15) is 9.59 Å². The highest BCUT2D eigenvalue weighted by Gasteiger charge is 2.37. The van der Waals surface area contributed by atoms with Crippen LogP contribution in [0, 0.1) is 0 Å². The molecule has 3 rings (SSSR count). The maximum Gasteiger partial charge on any atom is 0.242 e. The van der Waals surface area contributed by atoms with Crippen LogP contribution in [-0.2, 0) is 9.59 Å². The SMILES string of the molecule is COc1ccccc1N1C(=O)CC(=O)N(c2ccccc2)C1=S. The molecule has 1 aliphatic rings. The molecule has 2 aromatic carbocycles. The minimum absolute atomic E-state index is 0.127. The van der Waals surface area contributed by atoms with Gasteiger partial charge < -0.3 is 4.74 Å². The topological polar surface area (TPSA) is 49.9 Å². The van der Waals surface area contributed by atoms with Crippen LogP contribution >= 0.6 is 12.2 Å². The van der Waals surface area contributed by atoms with E-state index in [4.69, 9.17) is 17.0 Å². The highest BCUT2D eigenvalue weighted by atomic mass is 32.1. The second-order valence-electron chi connectivity index (χ2n) is 4.93. The maximum absolute atomic E-state index is 12.4. The second kappa shape index (κ2) is 6.18. The van der Waals surface area contributed by atoms with Crippen LogP contribution < -0.4 is 14.5 Å². The number of amides is 2. The Morgan fingerprint density at radius 2 is 1.52 bits per heavy atom. The fourth-order valence-corrected chi connectivity index (χ4v) is 2.89. The van der Waals surface area contributed by atoms with Gasteiger partial charge in [-0.15, -0.1) is 0 Å². The van der Waals surface area contributed by atoms with E-state index in [-0.39, 0.29) is 23.3 Å². The number of hydrogen-bond acceptors (Lipinski definition) is 4. The lowest BCUT2D eigenvalue weighted by atomic mass is 10.2. The zero-order chi connectivity index (χ0) is 16.4. The van der Waals surface area contributed by atoms with Crippen molar-refractivity contribution in [3.05, 3.63) is 54.6 Å². The van der Waals surface area contributed by atoms with E-state index < -0.39 is 0 Å². The molecule has 1 fully saturated rings. The van der Waals surface area contributed by atoms with Crippen molar-refractivity contribution in [1.29, 1.82) is 0 Å². The maximum atomic E-state index is 12.4. The van der Waals surface area contributed by atoms with Crippen molar-refractivity contribution in [1.82, 2.24) is 0 Å². The van der Waals surface area contributed by atoms with Gasteiger partial charge in [-0.1, -0.05) is 30.3 Å². The second-order valence-corrected chi connectivity index (χ2v) is 5.29. The smallest absolute Gasteiger partial charge is 0.242 e. The van der Waals surface area contributed by atoms with Gasteiger partial charge >= 0.3 is 0 Å². The zero-order valence-corrected chi connectivity index (χ0v) is 13.2. The lowest BCUT2D eigenvalue weighted by Crippen LogP contribution is -2.55. The molecule has 2 amide bonds. The minimum Gasteiger partial charge on any atom is -0.495 e. The molecule has 0 aliphatic carbocycles. The normalized spacial score (nSPS) is 15.1. The van der Waals surface area contributed by atoms with Gasteiger partial charge in [0.15, 0.2) is 5.11 Å². The van der Waals surface area contributed by atoms with Crippen LogP contribution in [0.15, 0.2) is 54.6 Å². The first-order chi connectivity index (χ1) is 11.1. The van der Waals surface area contributed by atoms with Gasteiger partial charge in [-0.25, -0.2) is 0 Å². The monoisotopic (exact) mass is 326 g/mol. The molecule has 0 unspecified atom stereocenters. The van der Waals surface area contributed by atoms with Crippen LogP contribution in [-0.4, -0.2) is 24.0 Å². The largest absolute Gasteiger partial charge is 0.495 e. The average Bonchev–Trinajstić information content (AvgIpc) is 2.56. The highest BCUT2D eigenvalue weighted by molar-refractivity contribution is 7.81. The van der Waals surface area contributed by atoms with E-state index >= 15 is 0 Å². The minimum atomic E-state index is -0.364. The van der Waals surface area contributed by atoms with Crippen molar-refractivity contribution >= 4 is 40.5 Å². The number of benzene rings is 2. The molecule has 1 saturated heterocycles. The van der Waals surface area contributed by atoms with Crippen molar-refractivity contribution in [2.24, 2.45) is 0 Å². The number of ether oxygens (including phenoxy) is 1. The number of carbonyl (C=O) groups is 2. The van der Waals surface area contributed by atoms with E-state index in [1.54, 1.807) is 36.4 Å². The Balaban J connectivity index is 2.06. The molecule has 5 nitrogen and oxygen atoms in total. The van der Waals surface area contributed by atoms with Crippen molar-refractivity contribution < 1.29 is 14.3 Å². The fraction of sp³-hybridized carbons (Fsp3) is 0.118. The molecular formula is C17H14N2O3S. The van der Waals surface area contributed by atoms with Crippen molar-refractivity contribution in [2.45, 2.75) is 6.42 Å². The number of nitrogens with zero attached hydrogens (tertiary/aromatic N) is 2. The quantitative estimate of drug-likeness (QED) is 0.643. The van der Waals surface area contributed by atoms with Gasteiger partial charge in [0, 0.05) is 0 Å². The molecule has 6 heteroatoms. The Kier molecular flexibility index (Phi) is 4.08. The Bertz CT molecular complexity index is 776. The molecule has 0 spiro atoms. The van der Waals surface area contributed by atoms with Gasteiger partial charge in [0.1, 0.15) is 12.2 Å². The molecular weight excluding hydrogens is 312 g/mol. The molecule has 116 valence electrons. The van der Waals surface area contributed by atoms with E-state index in [2.05, 4.69) is 0 Å². The standard InChI is InChI=1S/C17H14N2O3S/c1-22-14-10-6-5-9-13(14)19-16(21)11-15(20)18(17(19)23)12-7-3-2-4-8-12/h2-10H,11H2,1H3. The number of rotatable bonds is 3. The predicted octanol–water partition coefficient (Wildman–Crippen LogP) is 2.75. The summed E-state index contributed by atoms with van der Waals surface area (Å²) in [6.07, 6.45) is -0.243. The zero-order valence-electron chi connectivity index (χ0n) is 12.4. The Labute approximate surface area is 139 Å². The van der Waals surface area contributed by atoms with Gasteiger partial charge in [-0.3, -0.25) is 19.4 Å². The van der Waals surface area contributed by atoms with Crippen LogP contribution in [0.3, 0.4) is 0 Å². The lowest BCUT2D eigenvalue weighted by molar-refractivity contribution is -0.126. The molecule has 23 heavy (non-hydrogen) atoms. The molecule has 0 radical (unpaired) electrons. The van der Waals surface area contributed by atoms with Crippen molar-refractivity contribution in [3.63, 3.8) is 0 Å². The molecule has 1 heterocycles. The summed E-state index contributed by atoms with van der Waals surface area (Å²) < 4.78 is 5.31. The van der Waals surface area contributed by atoms with Crippen LogP contribution in [0.2, 0.25) is 0 Å². The summed E-state index contributed by atoms with van der Waals surface area (Å²) in [6.45, 7) is 0. The summed E-state index contributed by atoms with van der Waals surface area (Å²) in [7, 11) is 1.52. The Hall–Kier alpha value is -2.73. The summed E-state index contributed by atoms with van der Waals surface area (Å²) in [5.41, 5.74) is 1.16. The number of para-hydroxylation sites is 3. The molecule has 1 aliphatic heterocycles. The lowest BCUT2D eigenvalue weighted by Gasteiger charge is -2.35. The van der Waals surface area contributed by atoms with E-state index in [1.165, 1.54) is 16.9 Å².